The van der Waals surface area contributed by atoms with Crippen molar-refractivity contribution in [1.29, 1.82) is 0 Å². The first kappa shape index (κ1) is 13.3. The third-order valence-corrected chi connectivity index (χ3v) is 5.31. The lowest BCUT2D eigenvalue weighted by molar-refractivity contribution is 0.0630. The van der Waals surface area contributed by atoms with E-state index in [0.29, 0.717) is 12.1 Å². The molecule has 0 amide bonds. The van der Waals surface area contributed by atoms with Crippen LogP contribution in [0.1, 0.15) is 46.0 Å². The van der Waals surface area contributed by atoms with Gasteiger partial charge in [0.25, 0.3) is 0 Å². The van der Waals surface area contributed by atoms with E-state index in [2.05, 4.69) is 24.1 Å². The maximum absolute atomic E-state index is 9.57. The lowest BCUT2D eigenvalue weighted by Crippen LogP contribution is -2.50. The number of hydrogen-bond acceptors (Lipinski definition) is 3. The number of rotatable bonds is 3. The number of likely N-dealkylation sites (tertiary alicyclic amines) is 1. The van der Waals surface area contributed by atoms with Gasteiger partial charge in [-0.3, -0.25) is 4.90 Å². The Morgan fingerprint density at radius 3 is 2.71 bits per heavy atom. The average Bonchev–Trinajstić information content (AvgIpc) is 2.78. The van der Waals surface area contributed by atoms with Crippen LogP contribution in [0, 0.1) is 5.92 Å². The fourth-order valence-corrected chi connectivity index (χ4v) is 3.71. The molecule has 4 atom stereocenters. The van der Waals surface area contributed by atoms with Crippen molar-refractivity contribution in [2.24, 2.45) is 5.92 Å². The molecule has 3 heteroatoms. The largest absolute Gasteiger partial charge is 0.394 e. The molecular weight excluding hydrogens is 212 g/mol. The second-order valence-corrected chi connectivity index (χ2v) is 6.18. The van der Waals surface area contributed by atoms with Crippen molar-refractivity contribution in [2.75, 3.05) is 20.2 Å². The Kier molecular flexibility index (Phi) is 4.11. The first-order valence-corrected chi connectivity index (χ1v) is 7.17. The first-order chi connectivity index (χ1) is 8.12. The number of nitrogens with zero attached hydrogens (tertiary/aromatic N) is 1. The van der Waals surface area contributed by atoms with Crippen LogP contribution in [0.4, 0.5) is 0 Å². The molecule has 1 aliphatic carbocycles. The summed E-state index contributed by atoms with van der Waals surface area (Å²) in [7, 11) is 1.99. The number of aliphatic hydroxyl groups is 1. The Balaban J connectivity index is 2.00. The Morgan fingerprint density at radius 1 is 1.35 bits per heavy atom. The third-order valence-electron chi connectivity index (χ3n) is 5.31. The lowest BCUT2D eigenvalue weighted by atomic mass is 9.90. The van der Waals surface area contributed by atoms with Crippen LogP contribution in [-0.2, 0) is 0 Å². The van der Waals surface area contributed by atoms with Crippen molar-refractivity contribution in [3.8, 4) is 0 Å². The van der Waals surface area contributed by atoms with Gasteiger partial charge in [-0.1, -0.05) is 6.92 Å². The van der Waals surface area contributed by atoms with Crippen LogP contribution >= 0.6 is 0 Å². The topological polar surface area (TPSA) is 35.5 Å². The summed E-state index contributed by atoms with van der Waals surface area (Å²) in [6, 6.07) is 1.38. The SMILES string of the molecule is CNC1(CO)CCC(N2CCCC(C)C2C)C1. The molecule has 2 N–H and O–H groups in total. The smallest absolute Gasteiger partial charge is 0.0613 e. The number of nitrogens with one attached hydrogen (secondary N) is 1. The van der Waals surface area contributed by atoms with Crippen LogP contribution in [0.5, 0.6) is 0 Å². The van der Waals surface area contributed by atoms with Gasteiger partial charge in [-0.15, -0.1) is 0 Å². The number of hydrogen-bond donors (Lipinski definition) is 2. The molecule has 0 aromatic carbocycles. The van der Waals surface area contributed by atoms with Crippen molar-refractivity contribution in [3.63, 3.8) is 0 Å². The molecule has 100 valence electrons. The van der Waals surface area contributed by atoms with Gasteiger partial charge in [0.1, 0.15) is 0 Å². The predicted octanol–water partition coefficient (Wildman–Crippen LogP) is 1.61. The highest BCUT2D eigenvalue weighted by Gasteiger charge is 2.42. The van der Waals surface area contributed by atoms with Gasteiger partial charge in [0.05, 0.1) is 6.61 Å². The molecule has 2 fully saturated rings. The molecule has 1 saturated heterocycles. The molecule has 0 bridgehead atoms. The van der Waals surface area contributed by atoms with Gasteiger partial charge in [-0.05, 0) is 58.5 Å². The number of aliphatic hydroxyl groups excluding tert-OH is 1. The van der Waals surface area contributed by atoms with Crippen LogP contribution in [0.3, 0.4) is 0 Å². The van der Waals surface area contributed by atoms with Crippen LogP contribution in [-0.4, -0.2) is 47.8 Å². The van der Waals surface area contributed by atoms with Crippen LogP contribution in [0.2, 0.25) is 0 Å². The van der Waals surface area contributed by atoms with Gasteiger partial charge in [0, 0.05) is 17.6 Å². The van der Waals surface area contributed by atoms with Gasteiger partial charge in [-0.2, -0.15) is 0 Å². The van der Waals surface area contributed by atoms with E-state index in [0.717, 1.165) is 18.8 Å². The first-order valence-electron chi connectivity index (χ1n) is 7.17. The van der Waals surface area contributed by atoms with Gasteiger partial charge in [-0.25, -0.2) is 0 Å². The summed E-state index contributed by atoms with van der Waals surface area (Å²) in [5.74, 6) is 0.822. The lowest BCUT2D eigenvalue weighted by Gasteiger charge is -2.42. The molecule has 2 rings (SSSR count). The molecule has 1 aliphatic heterocycles. The van der Waals surface area contributed by atoms with Crippen LogP contribution in [0.25, 0.3) is 0 Å². The zero-order chi connectivity index (χ0) is 12.5. The fraction of sp³-hybridized carbons (Fsp3) is 1.00. The Morgan fingerprint density at radius 2 is 2.12 bits per heavy atom. The summed E-state index contributed by atoms with van der Waals surface area (Å²) in [4.78, 5) is 2.70. The van der Waals surface area contributed by atoms with E-state index in [9.17, 15) is 5.11 Å². The Labute approximate surface area is 106 Å². The Hall–Kier alpha value is -0.120. The van der Waals surface area contributed by atoms with Crippen molar-refractivity contribution < 1.29 is 5.11 Å². The van der Waals surface area contributed by atoms with E-state index in [1.165, 1.54) is 25.8 Å². The van der Waals surface area contributed by atoms with E-state index >= 15 is 0 Å². The maximum atomic E-state index is 9.57. The zero-order valence-corrected chi connectivity index (χ0v) is 11.6. The van der Waals surface area contributed by atoms with Gasteiger partial charge < -0.3 is 10.4 Å². The minimum Gasteiger partial charge on any atom is -0.394 e. The molecule has 17 heavy (non-hydrogen) atoms. The predicted molar refractivity (Wildman–Crippen MR) is 71.1 cm³/mol. The van der Waals surface area contributed by atoms with E-state index in [1.807, 2.05) is 7.05 Å². The molecule has 0 aromatic rings. The summed E-state index contributed by atoms with van der Waals surface area (Å²) in [6.07, 6.45) is 6.17. The highest BCUT2D eigenvalue weighted by atomic mass is 16.3. The molecule has 1 heterocycles. The number of piperidine rings is 1. The minimum atomic E-state index is -0.00886. The van der Waals surface area contributed by atoms with Gasteiger partial charge in [0.15, 0.2) is 0 Å². The van der Waals surface area contributed by atoms with Crippen molar-refractivity contribution in [2.45, 2.75) is 63.6 Å². The molecule has 0 aromatic heterocycles. The molecule has 4 unspecified atom stereocenters. The average molecular weight is 240 g/mol. The van der Waals surface area contributed by atoms with Crippen LogP contribution in [0.15, 0.2) is 0 Å². The second-order valence-electron chi connectivity index (χ2n) is 6.18. The summed E-state index contributed by atoms with van der Waals surface area (Å²) in [6.45, 7) is 6.28. The third kappa shape index (κ3) is 2.51. The summed E-state index contributed by atoms with van der Waals surface area (Å²) < 4.78 is 0. The molecule has 0 radical (unpaired) electrons. The normalized spacial score (nSPS) is 44.1. The molecule has 3 nitrogen and oxygen atoms in total. The quantitative estimate of drug-likeness (QED) is 0.787. The number of likely N-dealkylation sites (N-methyl/N-ethyl adjacent to an activating group) is 1. The van der Waals surface area contributed by atoms with Crippen molar-refractivity contribution >= 4 is 0 Å². The van der Waals surface area contributed by atoms with E-state index in [4.69, 9.17) is 0 Å². The van der Waals surface area contributed by atoms with Crippen molar-refractivity contribution in [3.05, 3.63) is 0 Å². The van der Waals surface area contributed by atoms with Crippen LogP contribution < -0.4 is 5.32 Å². The Bertz CT molecular complexity index is 253. The zero-order valence-electron chi connectivity index (χ0n) is 11.6. The van der Waals surface area contributed by atoms with E-state index in [-0.39, 0.29) is 12.1 Å². The van der Waals surface area contributed by atoms with E-state index in [1.54, 1.807) is 0 Å². The van der Waals surface area contributed by atoms with Gasteiger partial charge >= 0.3 is 0 Å². The summed E-state index contributed by atoms with van der Waals surface area (Å²) >= 11 is 0. The second kappa shape index (κ2) is 5.25. The summed E-state index contributed by atoms with van der Waals surface area (Å²) in [5.41, 5.74) is -0.00886. The van der Waals surface area contributed by atoms with Crippen molar-refractivity contribution in [1.82, 2.24) is 10.2 Å². The standard InChI is InChI=1S/C14H28N2O/c1-11-5-4-8-16(12(11)2)13-6-7-14(9-13,10-17)15-3/h11-13,15,17H,4-10H2,1-3H3. The van der Waals surface area contributed by atoms with Gasteiger partial charge in [0.2, 0.25) is 0 Å². The van der Waals surface area contributed by atoms with E-state index < -0.39 is 0 Å². The highest BCUT2D eigenvalue weighted by molar-refractivity contribution is 5.00. The minimum absolute atomic E-state index is 0.00886. The fourth-order valence-electron chi connectivity index (χ4n) is 3.71. The summed E-state index contributed by atoms with van der Waals surface area (Å²) in [5, 5.41) is 12.9. The molecular formula is C14H28N2O. The maximum Gasteiger partial charge on any atom is 0.0613 e. The molecule has 0 spiro atoms. The highest BCUT2D eigenvalue weighted by Crippen LogP contribution is 2.36. The monoisotopic (exact) mass is 240 g/mol. The molecule has 1 saturated carbocycles. The molecule has 2 aliphatic rings.